The van der Waals surface area contributed by atoms with Crippen LogP contribution in [0.25, 0.3) is 10.7 Å². The van der Waals surface area contributed by atoms with Crippen LogP contribution in [0, 0.1) is 0 Å². The molecule has 0 aromatic carbocycles. The van der Waals surface area contributed by atoms with E-state index in [-0.39, 0.29) is 18.4 Å². The first kappa shape index (κ1) is 15.3. The molecule has 24 heavy (non-hydrogen) atoms. The second-order valence-corrected chi connectivity index (χ2v) is 7.12. The van der Waals surface area contributed by atoms with Crippen LogP contribution in [0.15, 0.2) is 22.0 Å². The highest BCUT2D eigenvalue weighted by Crippen LogP contribution is 2.29. The summed E-state index contributed by atoms with van der Waals surface area (Å²) in [7, 11) is 0. The molecule has 0 radical (unpaired) electrons. The Labute approximate surface area is 143 Å². The van der Waals surface area contributed by atoms with Crippen LogP contribution in [0.2, 0.25) is 0 Å². The molecule has 2 fully saturated rings. The molecule has 4 rings (SSSR count). The summed E-state index contributed by atoms with van der Waals surface area (Å²) in [5.41, 5.74) is 0. The van der Waals surface area contributed by atoms with Crippen LogP contribution in [0.5, 0.6) is 0 Å². The first-order chi connectivity index (χ1) is 11.7. The fourth-order valence-electron chi connectivity index (χ4n) is 2.85. The highest BCUT2D eigenvalue weighted by Gasteiger charge is 2.39. The highest BCUT2D eigenvalue weighted by atomic mass is 32.1. The number of rotatable bonds is 6. The number of nitrogens with zero attached hydrogens (tertiary/aromatic N) is 4. The molecule has 1 saturated heterocycles. The van der Waals surface area contributed by atoms with Crippen molar-refractivity contribution >= 4 is 23.2 Å². The molecule has 2 amide bonds. The van der Waals surface area contributed by atoms with E-state index in [2.05, 4.69) is 10.1 Å². The standard InChI is InChI=1S/C16H18N4O3S/c21-14(19-9-15(22)20(10-19)11-6-7-11)5-1-4-13-17-16(18-23-13)12-3-2-8-24-12/h2-3,8,11H,1,4-7,9-10H2. The van der Waals surface area contributed by atoms with E-state index in [9.17, 15) is 9.59 Å². The van der Waals surface area contributed by atoms with E-state index in [1.54, 1.807) is 16.2 Å². The lowest BCUT2D eigenvalue weighted by Crippen LogP contribution is -2.32. The molecule has 0 bridgehead atoms. The van der Waals surface area contributed by atoms with Gasteiger partial charge in [0.1, 0.15) is 6.54 Å². The van der Waals surface area contributed by atoms with Gasteiger partial charge in [-0.1, -0.05) is 11.2 Å². The third-order valence-corrected chi connectivity index (χ3v) is 5.17. The molecule has 1 aliphatic heterocycles. The Kier molecular flexibility index (Phi) is 4.05. The summed E-state index contributed by atoms with van der Waals surface area (Å²) >= 11 is 1.56. The van der Waals surface area contributed by atoms with E-state index in [1.165, 1.54) is 0 Å². The molecular weight excluding hydrogens is 328 g/mol. The summed E-state index contributed by atoms with van der Waals surface area (Å²) in [4.78, 5) is 32.9. The largest absolute Gasteiger partial charge is 0.339 e. The number of carbonyl (C=O) groups excluding carboxylic acids is 2. The second kappa shape index (κ2) is 6.35. The molecule has 3 heterocycles. The van der Waals surface area contributed by atoms with Crippen LogP contribution in [-0.2, 0) is 16.0 Å². The SMILES string of the molecule is O=C(CCCc1nc(-c2cccs2)no1)N1CC(=O)N(C2CC2)C1. The van der Waals surface area contributed by atoms with Gasteiger partial charge in [0.15, 0.2) is 0 Å². The fraction of sp³-hybridized carbons (Fsp3) is 0.500. The Balaban J connectivity index is 1.25. The van der Waals surface area contributed by atoms with Crippen molar-refractivity contribution in [2.24, 2.45) is 0 Å². The number of carbonyl (C=O) groups is 2. The van der Waals surface area contributed by atoms with Crippen LogP contribution in [0.1, 0.15) is 31.6 Å². The average Bonchev–Trinajstić information content (AvgIpc) is 2.99. The topological polar surface area (TPSA) is 79.5 Å². The molecule has 126 valence electrons. The number of thiophene rings is 1. The summed E-state index contributed by atoms with van der Waals surface area (Å²) < 4.78 is 5.23. The maximum absolute atomic E-state index is 12.2. The van der Waals surface area contributed by atoms with Gasteiger partial charge in [0.05, 0.1) is 11.5 Å². The number of hydrogen-bond acceptors (Lipinski definition) is 6. The second-order valence-electron chi connectivity index (χ2n) is 6.17. The third-order valence-electron chi connectivity index (χ3n) is 4.30. The lowest BCUT2D eigenvalue weighted by atomic mass is 10.2. The summed E-state index contributed by atoms with van der Waals surface area (Å²) in [5.74, 6) is 1.23. The predicted octanol–water partition coefficient (Wildman–Crippen LogP) is 1.91. The molecule has 1 aliphatic carbocycles. The van der Waals surface area contributed by atoms with Gasteiger partial charge in [-0.2, -0.15) is 4.98 Å². The Morgan fingerprint density at radius 3 is 3.04 bits per heavy atom. The van der Waals surface area contributed by atoms with E-state index >= 15 is 0 Å². The van der Waals surface area contributed by atoms with Gasteiger partial charge in [0.2, 0.25) is 23.5 Å². The number of amides is 2. The molecule has 2 aliphatic rings. The quantitative estimate of drug-likeness (QED) is 0.798. The first-order valence-electron chi connectivity index (χ1n) is 8.14. The molecule has 0 atom stereocenters. The smallest absolute Gasteiger partial charge is 0.243 e. The Morgan fingerprint density at radius 2 is 2.29 bits per heavy atom. The van der Waals surface area contributed by atoms with Gasteiger partial charge in [0, 0.05) is 18.9 Å². The zero-order valence-electron chi connectivity index (χ0n) is 13.2. The van der Waals surface area contributed by atoms with E-state index in [4.69, 9.17) is 4.52 Å². The van der Waals surface area contributed by atoms with Crippen molar-refractivity contribution < 1.29 is 14.1 Å². The third kappa shape index (κ3) is 3.19. The molecule has 8 heteroatoms. The van der Waals surface area contributed by atoms with Crippen LogP contribution in [-0.4, -0.2) is 51.0 Å². The lowest BCUT2D eigenvalue weighted by Gasteiger charge is -2.17. The van der Waals surface area contributed by atoms with Gasteiger partial charge in [-0.3, -0.25) is 9.59 Å². The first-order valence-corrected chi connectivity index (χ1v) is 9.02. The van der Waals surface area contributed by atoms with Crippen molar-refractivity contribution in [1.82, 2.24) is 19.9 Å². The van der Waals surface area contributed by atoms with Crippen molar-refractivity contribution in [2.45, 2.75) is 38.1 Å². The highest BCUT2D eigenvalue weighted by molar-refractivity contribution is 7.13. The van der Waals surface area contributed by atoms with Crippen LogP contribution in [0.4, 0.5) is 0 Å². The molecule has 2 aromatic heterocycles. The Hall–Kier alpha value is -2.22. The Morgan fingerprint density at radius 1 is 1.42 bits per heavy atom. The summed E-state index contributed by atoms with van der Waals surface area (Å²) in [6.07, 6.45) is 3.73. The monoisotopic (exact) mass is 346 g/mol. The van der Waals surface area contributed by atoms with Crippen LogP contribution >= 0.6 is 11.3 Å². The van der Waals surface area contributed by atoms with E-state index in [1.807, 2.05) is 22.4 Å². The van der Waals surface area contributed by atoms with Gasteiger partial charge in [0.25, 0.3) is 0 Å². The van der Waals surface area contributed by atoms with E-state index in [0.29, 0.717) is 43.7 Å². The van der Waals surface area contributed by atoms with Crippen molar-refractivity contribution in [1.29, 1.82) is 0 Å². The zero-order valence-corrected chi connectivity index (χ0v) is 14.0. The number of aryl methyl sites for hydroxylation is 1. The van der Waals surface area contributed by atoms with Crippen molar-refractivity contribution in [3.63, 3.8) is 0 Å². The average molecular weight is 346 g/mol. The minimum absolute atomic E-state index is 0.0181. The summed E-state index contributed by atoms with van der Waals surface area (Å²) in [5, 5.41) is 5.92. The lowest BCUT2D eigenvalue weighted by molar-refractivity contribution is -0.131. The van der Waals surface area contributed by atoms with Crippen molar-refractivity contribution in [2.75, 3.05) is 13.2 Å². The Bertz CT molecular complexity index is 738. The molecule has 0 N–H and O–H groups in total. The minimum atomic E-state index is 0.0181. The number of aromatic nitrogens is 2. The van der Waals surface area contributed by atoms with Gasteiger partial charge in [-0.25, -0.2) is 0 Å². The molecule has 7 nitrogen and oxygen atoms in total. The van der Waals surface area contributed by atoms with Gasteiger partial charge in [-0.05, 0) is 30.7 Å². The predicted molar refractivity (Wildman–Crippen MR) is 87.0 cm³/mol. The number of hydrogen-bond donors (Lipinski definition) is 0. The van der Waals surface area contributed by atoms with Gasteiger partial charge < -0.3 is 14.3 Å². The van der Waals surface area contributed by atoms with Crippen LogP contribution in [0.3, 0.4) is 0 Å². The zero-order chi connectivity index (χ0) is 16.5. The van der Waals surface area contributed by atoms with Crippen molar-refractivity contribution in [3.8, 4) is 10.7 Å². The molecule has 0 unspecified atom stereocenters. The van der Waals surface area contributed by atoms with Gasteiger partial charge in [-0.15, -0.1) is 11.3 Å². The van der Waals surface area contributed by atoms with E-state index < -0.39 is 0 Å². The van der Waals surface area contributed by atoms with E-state index in [0.717, 1.165) is 17.7 Å². The summed E-state index contributed by atoms with van der Waals surface area (Å²) in [6.45, 7) is 0.670. The summed E-state index contributed by atoms with van der Waals surface area (Å²) in [6, 6.07) is 4.25. The van der Waals surface area contributed by atoms with Crippen molar-refractivity contribution in [3.05, 3.63) is 23.4 Å². The fourth-order valence-corrected chi connectivity index (χ4v) is 3.50. The maximum atomic E-state index is 12.2. The van der Waals surface area contributed by atoms with Gasteiger partial charge >= 0.3 is 0 Å². The molecule has 0 spiro atoms. The minimum Gasteiger partial charge on any atom is -0.339 e. The normalized spacial score (nSPS) is 17.8. The molecule has 1 saturated carbocycles. The van der Waals surface area contributed by atoms with Crippen LogP contribution < -0.4 is 0 Å². The maximum Gasteiger partial charge on any atom is 0.243 e. The molecular formula is C16H18N4O3S. The molecule has 2 aromatic rings.